The molecule has 1 aliphatic heterocycles. The topological polar surface area (TPSA) is 12.5 Å². The van der Waals surface area contributed by atoms with E-state index >= 15 is 0 Å². The molecule has 0 aliphatic carbocycles. The quantitative estimate of drug-likeness (QED) is 0.737. The van der Waals surface area contributed by atoms with Gasteiger partial charge in [-0.2, -0.15) is 0 Å². The van der Waals surface area contributed by atoms with Crippen molar-refractivity contribution >= 4 is 37.5 Å². The zero-order chi connectivity index (χ0) is 10.1. The van der Waals surface area contributed by atoms with Crippen LogP contribution in [0.2, 0.25) is 0 Å². The van der Waals surface area contributed by atoms with Gasteiger partial charge in [-0.1, -0.05) is 15.9 Å². The van der Waals surface area contributed by atoms with Crippen LogP contribution in [-0.4, -0.2) is 20.2 Å². The molecule has 1 heterocycles. The monoisotopic (exact) mass is 319 g/mol. The Balaban J connectivity index is 2.51. The molecule has 0 unspecified atom stereocenters. The van der Waals surface area contributed by atoms with Gasteiger partial charge in [-0.25, -0.2) is 0 Å². The summed E-state index contributed by atoms with van der Waals surface area (Å²) in [5.74, 6) is 0.962. The van der Waals surface area contributed by atoms with E-state index in [4.69, 9.17) is 4.74 Å². The summed E-state index contributed by atoms with van der Waals surface area (Å²) in [5.41, 5.74) is 2.42. The van der Waals surface area contributed by atoms with Crippen molar-refractivity contribution in [3.8, 4) is 5.75 Å². The van der Waals surface area contributed by atoms with Gasteiger partial charge in [0.15, 0.2) is 5.75 Å². The van der Waals surface area contributed by atoms with Crippen molar-refractivity contribution in [2.24, 2.45) is 0 Å². The number of fused-ring (bicyclic) bond motifs is 1. The van der Waals surface area contributed by atoms with Crippen LogP contribution >= 0.6 is 31.9 Å². The predicted octanol–water partition coefficient (Wildman–Crippen LogP) is 3.17. The lowest BCUT2D eigenvalue weighted by Gasteiger charge is -2.28. The molecule has 0 radical (unpaired) electrons. The van der Waals surface area contributed by atoms with E-state index in [0.717, 1.165) is 28.7 Å². The Morgan fingerprint density at radius 2 is 2.29 bits per heavy atom. The van der Waals surface area contributed by atoms with Crippen molar-refractivity contribution in [3.05, 3.63) is 22.2 Å². The third kappa shape index (κ3) is 1.77. The molecule has 0 atom stereocenters. The summed E-state index contributed by atoms with van der Waals surface area (Å²) >= 11 is 6.99. The van der Waals surface area contributed by atoms with Crippen molar-refractivity contribution in [2.45, 2.75) is 5.33 Å². The van der Waals surface area contributed by atoms with Gasteiger partial charge in [-0.05, 0) is 33.6 Å². The number of hydrogen-bond acceptors (Lipinski definition) is 2. The van der Waals surface area contributed by atoms with Crippen LogP contribution in [0.5, 0.6) is 5.75 Å². The molecule has 0 amide bonds. The first-order chi connectivity index (χ1) is 6.72. The van der Waals surface area contributed by atoms with Crippen LogP contribution in [0, 0.1) is 0 Å². The van der Waals surface area contributed by atoms with Gasteiger partial charge < -0.3 is 9.64 Å². The molecule has 2 nitrogen and oxygen atoms in total. The van der Waals surface area contributed by atoms with Crippen LogP contribution in [0.1, 0.15) is 5.56 Å². The van der Waals surface area contributed by atoms with Crippen LogP contribution in [0.3, 0.4) is 0 Å². The number of alkyl halides is 1. The summed E-state index contributed by atoms with van der Waals surface area (Å²) in [6.45, 7) is 1.71. The second-order valence-electron chi connectivity index (χ2n) is 3.33. The standard InChI is InChI=1S/C10H11Br2NO/c1-13-2-3-14-10-8(12)4-7(6-11)5-9(10)13/h4-5H,2-3,6H2,1H3. The number of rotatable bonds is 1. The van der Waals surface area contributed by atoms with E-state index in [2.05, 4.69) is 55.9 Å². The Labute approximate surface area is 100 Å². The first-order valence-electron chi connectivity index (χ1n) is 4.44. The number of ether oxygens (including phenoxy) is 1. The van der Waals surface area contributed by atoms with E-state index in [1.807, 2.05) is 0 Å². The molecule has 1 aromatic rings. The molecule has 0 bridgehead atoms. The third-order valence-corrected chi connectivity index (χ3v) is 3.56. The lowest BCUT2D eigenvalue weighted by atomic mass is 10.2. The lowest BCUT2D eigenvalue weighted by molar-refractivity contribution is 0.309. The Kier molecular flexibility index (Phi) is 3.02. The van der Waals surface area contributed by atoms with Gasteiger partial charge in [0.2, 0.25) is 0 Å². The van der Waals surface area contributed by atoms with E-state index in [0.29, 0.717) is 0 Å². The van der Waals surface area contributed by atoms with Gasteiger partial charge in [-0.3, -0.25) is 0 Å². The Hall–Kier alpha value is -0.220. The lowest BCUT2D eigenvalue weighted by Crippen LogP contribution is -2.29. The molecule has 4 heteroatoms. The highest BCUT2D eigenvalue weighted by Crippen LogP contribution is 2.39. The second-order valence-corrected chi connectivity index (χ2v) is 4.74. The van der Waals surface area contributed by atoms with Gasteiger partial charge in [0.05, 0.1) is 16.7 Å². The molecule has 76 valence electrons. The molecule has 0 saturated carbocycles. The third-order valence-electron chi connectivity index (χ3n) is 2.32. The van der Waals surface area contributed by atoms with Crippen LogP contribution in [0.4, 0.5) is 5.69 Å². The maximum atomic E-state index is 5.62. The Morgan fingerprint density at radius 1 is 1.50 bits per heavy atom. The van der Waals surface area contributed by atoms with Gasteiger partial charge in [0.25, 0.3) is 0 Å². The number of anilines is 1. The second kappa shape index (κ2) is 4.11. The van der Waals surface area contributed by atoms with E-state index in [1.54, 1.807) is 0 Å². The van der Waals surface area contributed by atoms with Crippen molar-refractivity contribution in [1.82, 2.24) is 0 Å². The molecule has 0 N–H and O–H groups in total. The largest absolute Gasteiger partial charge is 0.488 e. The number of halogens is 2. The highest BCUT2D eigenvalue weighted by molar-refractivity contribution is 9.10. The predicted molar refractivity (Wildman–Crippen MR) is 65.5 cm³/mol. The van der Waals surface area contributed by atoms with Gasteiger partial charge >= 0.3 is 0 Å². The molecule has 2 rings (SSSR count). The SMILES string of the molecule is CN1CCOc2c(Br)cc(CBr)cc21. The fraction of sp³-hybridized carbons (Fsp3) is 0.400. The van der Waals surface area contributed by atoms with Crippen LogP contribution < -0.4 is 9.64 Å². The smallest absolute Gasteiger partial charge is 0.156 e. The van der Waals surface area contributed by atoms with Crippen LogP contribution in [0.25, 0.3) is 0 Å². The average Bonchev–Trinajstić information content (AvgIpc) is 2.19. The first kappa shape index (κ1) is 10.3. The molecule has 0 spiro atoms. The van der Waals surface area contributed by atoms with E-state index in [9.17, 15) is 0 Å². The normalized spacial score (nSPS) is 14.9. The van der Waals surface area contributed by atoms with Gasteiger partial charge in [0, 0.05) is 12.4 Å². The number of nitrogens with zero attached hydrogens (tertiary/aromatic N) is 1. The highest BCUT2D eigenvalue weighted by atomic mass is 79.9. The fourth-order valence-corrected chi connectivity index (χ4v) is 2.48. The maximum Gasteiger partial charge on any atom is 0.156 e. The zero-order valence-corrected chi connectivity index (χ0v) is 11.1. The minimum atomic E-state index is 0.760. The summed E-state index contributed by atoms with van der Waals surface area (Å²) in [7, 11) is 2.09. The molecular weight excluding hydrogens is 310 g/mol. The number of hydrogen-bond donors (Lipinski definition) is 0. The molecule has 1 aromatic carbocycles. The van der Waals surface area contributed by atoms with Crippen LogP contribution in [0.15, 0.2) is 16.6 Å². The molecule has 1 aliphatic rings. The summed E-state index contributed by atoms with van der Waals surface area (Å²) < 4.78 is 6.66. The number of benzene rings is 1. The summed E-state index contributed by atoms with van der Waals surface area (Å²) in [6.07, 6.45) is 0. The molecule has 0 aromatic heterocycles. The van der Waals surface area contributed by atoms with Crippen molar-refractivity contribution in [1.29, 1.82) is 0 Å². The molecular formula is C10H11Br2NO. The summed E-state index contributed by atoms with van der Waals surface area (Å²) in [6, 6.07) is 4.25. The minimum absolute atomic E-state index is 0.760. The van der Waals surface area contributed by atoms with E-state index in [1.165, 1.54) is 11.3 Å². The van der Waals surface area contributed by atoms with Crippen molar-refractivity contribution in [2.75, 3.05) is 25.1 Å². The fourth-order valence-electron chi connectivity index (χ4n) is 1.54. The Bertz CT molecular complexity index is 354. The zero-order valence-electron chi connectivity index (χ0n) is 7.89. The molecule has 0 saturated heterocycles. The highest BCUT2D eigenvalue weighted by Gasteiger charge is 2.18. The Morgan fingerprint density at radius 3 is 3.00 bits per heavy atom. The van der Waals surface area contributed by atoms with E-state index in [-0.39, 0.29) is 0 Å². The molecule has 14 heavy (non-hydrogen) atoms. The van der Waals surface area contributed by atoms with Gasteiger partial charge in [-0.15, -0.1) is 0 Å². The summed E-state index contributed by atoms with van der Waals surface area (Å²) in [4.78, 5) is 2.22. The average molecular weight is 321 g/mol. The van der Waals surface area contributed by atoms with Crippen molar-refractivity contribution in [3.63, 3.8) is 0 Å². The minimum Gasteiger partial charge on any atom is -0.488 e. The maximum absolute atomic E-state index is 5.62. The van der Waals surface area contributed by atoms with Gasteiger partial charge in [0.1, 0.15) is 6.61 Å². The van der Waals surface area contributed by atoms with E-state index < -0.39 is 0 Å². The molecule has 0 fully saturated rings. The van der Waals surface area contributed by atoms with Crippen LogP contribution in [-0.2, 0) is 5.33 Å². The first-order valence-corrected chi connectivity index (χ1v) is 6.36. The van der Waals surface area contributed by atoms with Crippen molar-refractivity contribution < 1.29 is 4.74 Å². The number of likely N-dealkylation sites (N-methyl/N-ethyl adjacent to an activating group) is 1. The summed E-state index contributed by atoms with van der Waals surface area (Å²) in [5, 5.41) is 0.868.